The number of thiophene rings is 1. The summed E-state index contributed by atoms with van der Waals surface area (Å²) < 4.78 is 22.5. The summed E-state index contributed by atoms with van der Waals surface area (Å²) in [4.78, 5) is 4.67. The maximum absolute atomic E-state index is 6.94. The maximum Gasteiger partial charge on any atom is 0.159 e. The second kappa shape index (κ2) is 13.6. The van der Waals surface area contributed by atoms with Gasteiger partial charge in [0.05, 0.1) is 33.1 Å². The van der Waals surface area contributed by atoms with Crippen molar-refractivity contribution in [2.24, 2.45) is 0 Å². The van der Waals surface area contributed by atoms with E-state index < -0.39 is 0 Å². The number of nitrogens with zero attached hydrogens (tertiary/aromatic N) is 2. The van der Waals surface area contributed by atoms with Gasteiger partial charge in [-0.2, -0.15) is 0 Å². The highest BCUT2D eigenvalue weighted by Gasteiger charge is 2.25. The Morgan fingerprint density at radius 2 is 0.734 bits per heavy atom. The Morgan fingerprint density at radius 1 is 0.297 bits per heavy atom. The molecule has 10 aromatic carbocycles. The number of anilines is 6. The van der Waals surface area contributed by atoms with Crippen LogP contribution in [0.5, 0.6) is 0 Å². The van der Waals surface area contributed by atoms with Crippen molar-refractivity contribution in [2.45, 2.75) is 0 Å². The maximum atomic E-state index is 6.94. The van der Waals surface area contributed by atoms with Crippen molar-refractivity contribution >= 4 is 142 Å². The van der Waals surface area contributed by atoms with Gasteiger partial charge in [0.25, 0.3) is 0 Å². The van der Waals surface area contributed by atoms with Crippen LogP contribution in [0.4, 0.5) is 34.1 Å². The first kappa shape index (κ1) is 35.3. The molecular formula is C58H34N2O3S. The van der Waals surface area contributed by atoms with Gasteiger partial charge in [0.15, 0.2) is 16.7 Å². The summed E-state index contributed by atoms with van der Waals surface area (Å²) in [6.07, 6.45) is 0. The highest BCUT2D eigenvalue weighted by Crippen LogP contribution is 2.50. The van der Waals surface area contributed by atoms with Crippen molar-refractivity contribution in [2.75, 3.05) is 9.80 Å². The van der Waals surface area contributed by atoms with E-state index in [9.17, 15) is 0 Å². The van der Waals surface area contributed by atoms with Crippen molar-refractivity contribution in [1.82, 2.24) is 0 Å². The summed E-state index contributed by atoms with van der Waals surface area (Å²) in [7, 11) is 0. The van der Waals surface area contributed by atoms with E-state index in [4.69, 9.17) is 13.3 Å². The number of hydrogen-bond acceptors (Lipinski definition) is 6. The Kier molecular flexibility index (Phi) is 7.49. The molecule has 0 saturated heterocycles. The van der Waals surface area contributed by atoms with Gasteiger partial charge in [-0.15, -0.1) is 11.3 Å². The fraction of sp³-hybridized carbons (Fsp3) is 0. The standard InChI is InChI=1S/C58H34N2O3S/c1-3-17-39-35(13-1)15-9-23-47(39)59(49-25-11-21-43-41-19-5-7-27-51(41)61-55(43)49)37-29-31-45-53(33-37)63-57-46-32-30-38(34-54(46)64-58(45)57)60(48-24-10-16-36-14-2-4-18-40(36)48)50-26-12-22-44-42-20-6-8-28-52(42)62-56(44)50/h1-34H. The first-order chi connectivity index (χ1) is 31.7. The van der Waals surface area contributed by atoms with Crippen molar-refractivity contribution in [1.29, 1.82) is 0 Å². The molecule has 0 aliphatic heterocycles. The van der Waals surface area contributed by atoms with Crippen LogP contribution in [0.2, 0.25) is 0 Å². The van der Waals surface area contributed by atoms with Crippen LogP contribution in [-0.4, -0.2) is 0 Å². The quantitative estimate of drug-likeness (QED) is 0.167. The normalized spacial score (nSPS) is 12.1. The lowest BCUT2D eigenvalue weighted by molar-refractivity contribution is 0.668. The van der Waals surface area contributed by atoms with E-state index in [0.717, 1.165) is 120 Å². The summed E-state index contributed by atoms with van der Waals surface area (Å²) in [6, 6.07) is 72.9. The smallest absolute Gasteiger partial charge is 0.159 e. The van der Waals surface area contributed by atoms with E-state index in [1.807, 2.05) is 24.3 Å². The SMILES string of the molecule is c1ccc2c(N(c3ccc4c(c3)oc3c5ccc(N(c6cccc7ccccc67)c6cccc7c6oc6ccccc67)cc5sc43)c3cccc4c3oc3ccccc34)cccc2c1. The minimum atomic E-state index is 0.834. The Bertz CT molecular complexity index is 3910. The fourth-order valence-corrected chi connectivity index (χ4v) is 11.1. The Hall–Kier alpha value is -8.32. The van der Waals surface area contributed by atoms with Crippen molar-refractivity contribution in [3.05, 3.63) is 206 Å². The molecule has 0 aliphatic rings. The van der Waals surface area contributed by atoms with Crippen LogP contribution in [-0.2, 0) is 0 Å². The summed E-state index contributed by atoms with van der Waals surface area (Å²) in [6.45, 7) is 0. The topological polar surface area (TPSA) is 45.9 Å². The molecule has 300 valence electrons. The molecule has 0 spiro atoms. The molecule has 0 unspecified atom stereocenters. The molecule has 0 aliphatic carbocycles. The molecule has 0 saturated carbocycles. The zero-order valence-electron chi connectivity index (χ0n) is 34.2. The number of fused-ring (bicyclic) bond motifs is 13. The van der Waals surface area contributed by atoms with E-state index in [0.29, 0.717) is 0 Å². The van der Waals surface area contributed by atoms with Crippen molar-refractivity contribution in [3.8, 4) is 0 Å². The van der Waals surface area contributed by atoms with E-state index in [1.54, 1.807) is 11.3 Å². The molecular weight excluding hydrogens is 805 g/mol. The summed E-state index contributed by atoms with van der Waals surface area (Å²) in [5.74, 6) is 0. The summed E-state index contributed by atoms with van der Waals surface area (Å²) in [5, 5.41) is 11.2. The van der Waals surface area contributed by atoms with Crippen LogP contribution in [0.15, 0.2) is 220 Å². The molecule has 5 nitrogen and oxygen atoms in total. The fourth-order valence-electron chi connectivity index (χ4n) is 9.95. The van der Waals surface area contributed by atoms with Crippen LogP contribution < -0.4 is 9.80 Å². The second-order valence-electron chi connectivity index (χ2n) is 16.4. The lowest BCUT2D eigenvalue weighted by Crippen LogP contribution is -2.10. The van der Waals surface area contributed by atoms with Gasteiger partial charge >= 0.3 is 0 Å². The van der Waals surface area contributed by atoms with Gasteiger partial charge in [-0.1, -0.05) is 133 Å². The molecule has 0 bridgehead atoms. The van der Waals surface area contributed by atoms with Gasteiger partial charge in [0.2, 0.25) is 0 Å². The van der Waals surface area contributed by atoms with Gasteiger partial charge < -0.3 is 23.1 Å². The van der Waals surface area contributed by atoms with Crippen LogP contribution in [0.3, 0.4) is 0 Å². The minimum absolute atomic E-state index is 0.834. The van der Waals surface area contributed by atoms with Gasteiger partial charge in [-0.3, -0.25) is 0 Å². The lowest BCUT2D eigenvalue weighted by atomic mass is 10.1. The number of furan rings is 3. The van der Waals surface area contributed by atoms with E-state index in [-0.39, 0.29) is 0 Å². The first-order valence-electron chi connectivity index (χ1n) is 21.5. The third-order valence-electron chi connectivity index (χ3n) is 12.8. The Balaban J connectivity index is 0.945. The molecule has 4 heterocycles. The van der Waals surface area contributed by atoms with Crippen LogP contribution >= 0.6 is 11.3 Å². The van der Waals surface area contributed by atoms with E-state index >= 15 is 0 Å². The van der Waals surface area contributed by atoms with Gasteiger partial charge in [0.1, 0.15) is 16.7 Å². The third-order valence-corrected chi connectivity index (χ3v) is 14.0. The monoisotopic (exact) mass is 838 g/mol. The first-order valence-corrected chi connectivity index (χ1v) is 22.3. The average Bonchev–Trinajstić information content (AvgIpc) is 4.11. The van der Waals surface area contributed by atoms with Gasteiger partial charge in [-0.25, -0.2) is 0 Å². The van der Waals surface area contributed by atoms with Gasteiger partial charge in [0, 0.05) is 59.5 Å². The molecule has 0 fully saturated rings. The van der Waals surface area contributed by atoms with Crippen molar-refractivity contribution < 1.29 is 13.3 Å². The molecule has 14 rings (SSSR count). The molecule has 14 aromatic rings. The average molecular weight is 839 g/mol. The molecule has 4 aromatic heterocycles. The Labute approximate surface area is 369 Å². The van der Waals surface area contributed by atoms with Crippen LogP contribution in [0.25, 0.3) is 96.8 Å². The number of benzene rings is 10. The van der Waals surface area contributed by atoms with Crippen molar-refractivity contribution in [3.63, 3.8) is 0 Å². The Morgan fingerprint density at radius 3 is 1.33 bits per heavy atom. The number of hydrogen-bond donors (Lipinski definition) is 0. The highest BCUT2D eigenvalue weighted by atomic mass is 32.1. The molecule has 0 radical (unpaired) electrons. The van der Waals surface area contributed by atoms with Crippen LogP contribution in [0.1, 0.15) is 0 Å². The van der Waals surface area contributed by atoms with Gasteiger partial charge in [-0.05, 0) is 77.5 Å². The third kappa shape index (κ3) is 5.17. The zero-order chi connectivity index (χ0) is 41.9. The van der Waals surface area contributed by atoms with E-state index in [1.165, 1.54) is 10.8 Å². The summed E-state index contributed by atoms with van der Waals surface area (Å²) >= 11 is 1.77. The number of rotatable bonds is 6. The second-order valence-corrected chi connectivity index (χ2v) is 17.4. The molecule has 0 amide bonds. The molecule has 0 atom stereocenters. The zero-order valence-corrected chi connectivity index (χ0v) is 35.0. The van der Waals surface area contributed by atoms with E-state index in [2.05, 4.69) is 192 Å². The predicted molar refractivity (Wildman–Crippen MR) is 268 cm³/mol. The van der Waals surface area contributed by atoms with Crippen LogP contribution in [0, 0.1) is 0 Å². The molecule has 64 heavy (non-hydrogen) atoms. The predicted octanol–water partition coefficient (Wildman–Crippen LogP) is 17.8. The minimum Gasteiger partial charge on any atom is -0.454 e. The highest BCUT2D eigenvalue weighted by molar-refractivity contribution is 7.26. The molecule has 6 heteroatoms. The largest absolute Gasteiger partial charge is 0.454 e. The number of para-hydroxylation sites is 4. The summed E-state index contributed by atoms with van der Waals surface area (Å²) in [5.41, 5.74) is 11.3. The molecule has 0 N–H and O–H groups in total. The lowest BCUT2D eigenvalue weighted by Gasteiger charge is -2.27.